The van der Waals surface area contributed by atoms with Gasteiger partial charge in [0.2, 0.25) is 0 Å². The van der Waals surface area contributed by atoms with Gasteiger partial charge in [0.25, 0.3) is 0 Å². The van der Waals surface area contributed by atoms with Gasteiger partial charge in [-0.25, -0.2) is 0 Å². The molecule has 1 saturated carbocycles. The summed E-state index contributed by atoms with van der Waals surface area (Å²) in [5.74, 6) is 0.595. The number of carbonyl (C=O) groups excluding carboxylic acids is 1. The van der Waals surface area contributed by atoms with Gasteiger partial charge in [0.15, 0.2) is 11.2 Å². The van der Waals surface area contributed by atoms with Crippen LogP contribution in [0.2, 0.25) is 0 Å². The fraction of sp³-hybridized carbons (Fsp3) is 0.231. The van der Waals surface area contributed by atoms with E-state index < -0.39 is 0 Å². The molecule has 0 bridgehead atoms. The van der Waals surface area contributed by atoms with E-state index in [-0.39, 0.29) is 11.2 Å². The Hall–Kier alpha value is -3.00. The molecule has 1 aliphatic carbocycles. The molecule has 0 saturated heterocycles. The maximum Gasteiger partial charge on any atom is 0.195 e. The van der Waals surface area contributed by atoms with Gasteiger partial charge in [-0.1, -0.05) is 79.9 Å². The molecule has 0 aliphatic heterocycles. The fourth-order valence-corrected chi connectivity index (χ4v) is 4.56. The van der Waals surface area contributed by atoms with Crippen LogP contribution in [0.15, 0.2) is 71.5 Å². The highest BCUT2D eigenvalue weighted by atomic mass is 16.1. The van der Waals surface area contributed by atoms with E-state index >= 15 is 0 Å². The van der Waals surface area contributed by atoms with Gasteiger partial charge in [-0.2, -0.15) is 0 Å². The highest BCUT2D eigenvalue weighted by Gasteiger charge is 2.25. The molecule has 4 aromatic carbocycles. The Morgan fingerprint density at radius 1 is 0.750 bits per heavy atom. The van der Waals surface area contributed by atoms with Gasteiger partial charge in [-0.15, -0.1) is 0 Å². The Morgan fingerprint density at radius 3 is 2.18 bits per heavy atom. The van der Waals surface area contributed by atoms with Gasteiger partial charge in [-0.3, -0.25) is 9.59 Å². The molecule has 0 atom stereocenters. The Morgan fingerprint density at radius 2 is 1.46 bits per heavy atom. The molecule has 2 heteroatoms. The molecule has 138 valence electrons. The van der Waals surface area contributed by atoms with Crippen LogP contribution in [-0.4, -0.2) is 5.78 Å². The molecule has 1 aliphatic rings. The summed E-state index contributed by atoms with van der Waals surface area (Å²) in [4.78, 5) is 25.2. The maximum atomic E-state index is 12.8. The summed E-state index contributed by atoms with van der Waals surface area (Å²) in [6, 6.07) is 21.6. The van der Waals surface area contributed by atoms with Crippen LogP contribution < -0.4 is 5.43 Å². The minimum absolute atomic E-state index is 0.00985. The van der Waals surface area contributed by atoms with Crippen molar-refractivity contribution in [2.75, 3.05) is 0 Å². The van der Waals surface area contributed by atoms with E-state index in [2.05, 4.69) is 24.3 Å². The van der Waals surface area contributed by atoms with Crippen LogP contribution in [-0.2, 0) is 0 Å². The van der Waals surface area contributed by atoms with Gasteiger partial charge < -0.3 is 0 Å². The van der Waals surface area contributed by atoms with Crippen molar-refractivity contribution in [1.29, 1.82) is 0 Å². The number of ketones is 1. The second kappa shape index (κ2) is 6.87. The van der Waals surface area contributed by atoms with E-state index in [4.69, 9.17) is 0 Å². The van der Waals surface area contributed by atoms with Gasteiger partial charge in [0.05, 0.1) is 0 Å². The highest BCUT2D eigenvalue weighted by Crippen LogP contribution is 2.36. The predicted molar refractivity (Wildman–Crippen MR) is 114 cm³/mol. The van der Waals surface area contributed by atoms with E-state index in [9.17, 15) is 9.59 Å². The molecule has 0 spiro atoms. The van der Waals surface area contributed by atoms with Crippen molar-refractivity contribution in [2.24, 2.45) is 0 Å². The van der Waals surface area contributed by atoms with Crippen molar-refractivity contribution >= 4 is 16.6 Å². The summed E-state index contributed by atoms with van der Waals surface area (Å²) < 4.78 is 0. The smallest absolute Gasteiger partial charge is 0.195 e. The van der Waals surface area contributed by atoms with Crippen LogP contribution in [0.25, 0.3) is 21.9 Å². The molecule has 5 rings (SSSR count). The second-order valence-electron chi connectivity index (χ2n) is 7.89. The van der Waals surface area contributed by atoms with Gasteiger partial charge in [0.1, 0.15) is 0 Å². The van der Waals surface area contributed by atoms with Crippen LogP contribution in [0, 0.1) is 0 Å². The summed E-state index contributed by atoms with van der Waals surface area (Å²) in [6.07, 6.45) is 6.57. The highest BCUT2D eigenvalue weighted by molar-refractivity contribution is 6.23. The number of rotatable bonds is 4. The van der Waals surface area contributed by atoms with Gasteiger partial charge >= 0.3 is 0 Å². The van der Waals surface area contributed by atoms with Crippen molar-refractivity contribution in [1.82, 2.24) is 0 Å². The van der Waals surface area contributed by atoms with Crippen molar-refractivity contribution in [2.45, 2.75) is 38.0 Å². The molecule has 0 heterocycles. The zero-order valence-electron chi connectivity index (χ0n) is 15.8. The summed E-state index contributed by atoms with van der Waals surface area (Å²) in [5, 5.41) is 1.31. The lowest BCUT2D eigenvalue weighted by atomic mass is 9.83. The first-order valence-corrected chi connectivity index (χ1v) is 10.2. The number of hydrogen-bond acceptors (Lipinski definition) is 2. The lowest BCUT2D eigenvalue weighted by Gasteiger charge is -2.22. The van der Waals surface area contributed by atoms with Crippen molar-refractivity contribution in [3.63, 3.8) is 0 Å². The first-order chi connectivity index (χ1) is 13.7. The molecule has 1 fully saturated rings. The maximum absolute atomic E-state index is 12.8. The number of carbonyl (C=O) groups is 1. The quantitative estimate of drug-likeness (QED) is 0.414. The molecule has 0 amide bonds. The minimum atomic E-state index is -0.0816. The topological polar surface area (TPSA) is 34.1 Å². The molecular formula is C26H22O2. The zero-order valence-corrected chi connectivity index (χ0v) is 15.8. The van der Waals surface area contributed by atoms with E-state index in [0.29, 0.717) is 27.8 Å². The normalized spacial score (nSPS) is 15.3. The molecule has 0 radical (unpaired) electrons. The van der Waals surface area contributed by atoms with E-state index in [0.717, 1.165) is 11.1 Å². The largest absolute Gasteiger partial charge is 0.289 e. The molecular weight excluding hydrogens is 344 g/mol. The van der Waals surface area contributed by atoms with Crippen LogP contribution in [0.5, 0.6) is 0 Å². The zero-order chi connectivity index (χ0) is 19.1. The average molecular weight is 366 g/mol. The van der Waals surface area contributed by atoms with Crippen molar-refractivity contribution in [3.05, 3.63) is 93.6 Å². The second-order valence-corrected chi connectivity index (χ2v) is 7.89. The Balaban J connectivity index is 1.46. The molecule has 0 unspecified atom stereocenters. The first kappa shape index (κ1) is 17.1. The van der Waals surface area contributed by atoms with Crippen molar-refractivity contribution in [3.8, 4) is 11.1 Å². The summed E-state index contributed by atoms with van der Waals surface area (Å²) in [5.41, 5.74) is 4.56. The van der Waals surface area contributed by atoms with Crippen LogP contribution in [0.3, 0.4) is 0 Å². The minimum Gasteiger partial charge on any atom is -0.289 e. The van der Waals surface area contributed by atoms with E-state index in [1.165, 1.54) is 37.7 Å². The first-order valence-electron chi connectivity index (χ1n) is 10.2. The Kier molecular flexibility index (Phi) is 4.20. The van der Waals surface area contributed by atoms with E-state index in [1.807, 2.05) is 30.3 Å². The Bertz CT molecular complexity index is 1150. The van der Waals surface area contributed by atoms with Gasteiger partial charge in [0, 0.05) is 21.9 Å². The Labute approximate surface area is 164 Å². The molecule has 28 heavy (non-hydrogen) atoms. The fourth-order valence-electron chi connectivity index (χ4n) is 4.56. The number of hydrogen-bond donors (Lipinski definition) is 0. The summed E-state index contributed by atoms with van der Waals surface area (Å²) in [7, 11) is 0. The summed E-state index contributed by atoms with van der Waals surface area (Å²) in [6.45, 7) is 0. The SMILES string of the molecule is O=C(c1ccccc1)c1ccc(-c2ccc(C3CCCCC3)cc2)c2c(=O)c12. The van der Waals surface area contributed by atoms with Crippen LogP contribution in [0.4, 0.5) is 0 Å². The van der Waals surface area contributed by atoms with E-state index in [1.54, 1.807) is 12.1 Å². The third-order valence-corrected chi connectivity index (χ3v) is 6.18. The van der Waals surface area contributed by atoms with Crippen molar-refractivity contribution < 1.29 is 4.79 Å². The predicted octanol–water partition coefficient (Wildman–Crippen LogP) is 6.02. The van der Waals surface area contributed by atoms with Crippen LogP contribution >= 0.6 is 0 Å². The molecule has 0 aromatic heterocycles. The monoisotopic (exact) mass is 366 g/mol. The van der Waals surface area contributed by atoms with Gasteiger partial charge in [-0.05, 0) is 41.5 Å². The number of fused-ring (bicyclic) bond motifs is 1. The third-order valence-electron chi connectivity index (χ3n) is 6.18. The molecule has 4 aromatic rings. The lowest BCUT2D eigenvalue weighted by Crippen LogP contribution is -2.04. The summed E-state index contributed by atoms with van der Waals surface area (Å²) >= 11 is 0. The standard InChI is InChI=1S/C26H22O2/c27-25(20-9-5-2-6-10-20)22-16-15-21(23-24(22)26(23)28)19-13-11-18(12-14-19)17-7-3-1-4-8-17/h2,5-6,9-17H,1,3-4,7-8H2. The average Bonchev–Trinajstić information content (AvgIpc) is 3.45. The third kappa shape index (κ3) is 2.90. The molecule has 2 nitrogen and oxygen atoms in total. The number of benzene rings is 3. The van der Waals surface area contributed by atoms with Crippen LogP contribution in [0.1, 0.15) is 59.5 Å². The molecule has 0 N–H and O–H groups in total. The lowest BCUT2D eigenvalue weighted by molar-refractivity contribution is 0.104.